The van der Waals surface area contributed by atoms with Crippen LogP contribution < -0.4 is 11.5 Å². The minimum Gasteiger partial charge on any atom is -0.384 e. The Morgan fingerprint density at radius 1 is 1.00 bits per heavy atom. The Kier molecular flexibility index (Phi) is 4.71. The lowest BCUT2D eigenvalue weighted by Gasteiger charge is -2.14. The highest BCUT2D eigenvalue weighted by atomic mass is 32.2. The summed E-state index contributed by atoms with van der Waals surface area (Å²) in [5, 5.41) is -0.593. The number of alkyl halides is 3. The number of sulfone groups is 1. The van der Waals surface area contributed by atoms with E-state index in [4.69, 9.17) is 11.5 Å². The van der Waals surface area contributed by atoms with Crippen LogP contribution in [0.5, 0.6) is 0 Å². The summed E-state index contributed by atoms with van der Waals surface area (Å²) in [4.78, 5) is 11.7. The van der Waals surface area contributed by atoms with Crippen LogP contribution in [0.4, 0.5) is 24.8 Å². The first-order valence-electron chi connectivity index (χ1n) is 7.74. The van der Waals surface area contributed by atoms with Gasteiger partial charge in [0.15, 0.2) is 0 Å². The summed E-state index contributed by atoms with van der Waals surface area (Å²) in [6, 6.07) is 7.33. The van der Waals surface area contributed by atoms with Crippen LogP contribution in [-0.4, -0.2) is 29.6 Å². The molecule has 3 rings (SSSR count). The third kappa shape index (κ3) is 3.88. The third-order valence-corrected chi connectivity index (χ3v) is 4.63. The van der Waals surface area contributed by atoms with Crippen molar-refractivity contribution < 1.29 is 21.6 Å². The number of hydrogen-bond acceptors (Lipinski definition) is 7. The molecule has 0 spiro atoms. The van der Waals surface area contributed by atoms with Gasteiger partial charge in [0.25, 0.3) is 0 Å². The van der Waals surface area contributed by atoms with Gasteiger partial charge < -0.3 is 11.5 Å². The van der Waals surface area contributed by atoms with Crippen LogP contribution in [0.2, 0.25) is 0 Å². The van der Waals surface area contributed by atoms with Crippen molar-refractivity contribution in [2.75, 3.05) is 17.7 Å². The zero-order chi connectivity index (χ0) is 20.7. The van der Waals surface area contributed by atoms with Gasteiger partial charge in [0.05, 0.1) is 16.8 Å². The van der Waals surface area contributed by atoms with Crippen LogP contribution in [0.25, 0.3) is 22.4 Å². The van der Waals surface area contributed by atoms with Gasteiger partial charge in [-0.2, -0.15) is 13.2 Å². The Bertz CT molecular complexity index is 1150. The number of hydrogen-bond donors (Lipinski definition) is 2. The lowest BCUT2D eigenvalue weighted by Crippen LogP contribution is -2.10. The van der Waals surface area contributed by atoms with Gasteiger partial charge in [0, 0.05) is 23.6 Å². The van der Waals surface area contributed by atoms with E-state index in [0.29, 0.717) is 5.56 Å². The molecule has 2 aromatic heterocycles. The summed E-state index contributed by atoms with van der Waals surface area (Å²) in [7, 11) is -3.86. The molecule has 28 heavy (non-hydrogen) atoms. The van der Waals surface area contributed by atoms with E-state index in [1.165, 1.54) is 30.5 Å². The number of halogens is 3. The van der Waals surface area contributed by atoms with Gasteiger partial charge in [0.1, 0.15) is 11.6 Å². The number of nitrogens with two attached hydrogens (primary N) is 2. The Balaban J connectivity index is 2.34. The van der Waals surface area contributed by atoms with E-state index in [1.54, 1.807) is 0 Å². The second-order valence-electron chi connectivity index (χ2n) is 5.94. The van der Waals surface area contributed by atoms with Gasteiger partial charge in [-0.15, -0.1) is 0 Å². The second kappa shape index (κ2) is 6.75. The Hall–Kier alpha value is -3.21. The van der Waals surface area contributed by atoms with Crippen molar-refractivity contribution in [1.29, 1.82) is 0 Å². The summed E-state index contributed by atoms with van der Waals surface area (Å²) >= 11 is 0. The van der Waals surface area contributed by atoms with Crippen LogP contribution in [0, 0.1) is 0 Å². The number of benzene rings is 1. The monoisotopic (exact) mass is 409 g/mol. The first kappa shape index (κ1) is 19.5. The van der Waals surface area contributed by atoms with Crippen molar-refractivity contribution in [2.24, 2.45) is 0 Å². The van der Waals surface area contributed by atoms with Crippen LogP contribution in [0.15, 0.2) is 47.8 Å². The highest BCUT2D eigenvalue weighted by molar-refractivity contribution is 7.90. The standard InChI is InChI=1S/C17H14F3N5O2S/c1-28(26,27)16-24-14(9-3-2-4-11(7-9)17(18,19)20)13(15(22)25-16)10-5-6-12(21)23-8-10/h2-8H,1H3,(H2,21,23)(H2,22,24,25). The fourth-order valence-electron chi connectivity index (χ4n) is 2.51. The first-order valence-corrected chi connectivity index (χ1v) is 9.63. The lowest BCUT2D eigenvalue weighted by atomic mass is 9.99. The minimum atomic E-state index is -4.59. The maximum absolute atomic E-state index is 13.1. The molecule has 2 heterocycles. The predicted octanol–water partition coefficient (Wildman–Crippen LogP) is 2.79. The molecule has 0 radical (unpaired) electrons. The molecule has 0 atom stereocenters. The second-order valence-corrected chi connectivity index (χ2v) is 7.85. The highest BCUT2D eigenvalue weighted by Gasteiger charge is 2.31. The number of nitrogen functional groups attached to an aromatic ring is 2. The summed E-state index contributed by atoms with van der Waals surface area (Å²) in [5.74, 6) is 0.00558. The summed E-state index contributed by atoms with van der Waals surface area (Å²) < 4.78 is 63.2. The zero-order valence-corrected chi connectivity index (χ0v) is 15.2. The number of anilines is 2. The molecule has 0 amide bonds. The van der Waals surface area contributed by atoms with E-state index in [9.17, 15) is 21.6 Å². The highest BCUT2D eigenvalue weighted by Crippen LogP contribution is 2.37. The number of nitrogens with zero attached hydrogens (tertiary/aromatic N) is 3. The topological polar surface area (TPSA) is 125 Å². The number of rotatable bonds is 3. The fraction of sp³-hybridized carbons (Fsp3) is 0.118. The molecule has 0 saturated carbocycles. The van der Waals surface area contributed by atoms with Gasteiger partial charge >= 0.3 is 6.18 Å². The van der Waals surface area contributed by atoms with Crippen molar-refractivity contribution in [1.82, 2.24) is 15.0 Å². The average molecular weight is 409 g/mol. The first-order chi connectivity index (χ1) is 13.0. The van der Waals surface area contributed by atoms with Crippen LogP contribution in [0.3, 0.4) is 0 Å². The fourth-order valence-corrected chi connectivity index (χ4v) is 3.03. The van der Waals surface area contributed by atoms with Gasteiger partial charge in [-0.05, 0) is 24.3 Å². The van der Waals surface area contributed by atoms with E-state index in [-0.39, 0.29) is 28.5 Å². The van der Waals surface area contributed by atoms with Crippen molar-refractivity contribution >= 4 is 21.5 Å². The summed E-state index contributed by atoms with van der Waals surface area (Å²) in [5.41, 5.74) is 11.1. The molecule has 0 aliphatic heterocycles. The quantitative estimate of drug-likeness (QED) is 0.637. The molecule has 146 valence electrons. The van der Waals surface area contributed by atoms with Crippen LogP contribution in [0.1, 0.15) is 5.56 Å². The molecule has 0 bridgehead atoms. The van der Waals surface area contributed by atoms with Crippen molar-refractivity contribution in [2.45, 2.75) is 11.3 Å². The molecule has 1 aromatic carbocycles. The van der Waals surface area contributed by atoms with Gasteiger partial charge in [-0.3, -0.25) is 0 Å². The number of aromatic nitrogens is 3. The van der Waals surface area contributed by atoms with Gasteiger partial charge in [0.2, 0.25) is 15.0 Å². The Labute approximate surface area is 158 Å². The Morgan fingerprint density at radius 3 is 2.29 bits per heavy atom. The largest absolute Gasteiger partial charge is 0.416 e. The third-order valence-electron chi connectivity index (χ3n) is 3.79. The van der Waals surface area contributed by atoms with E-state index in [0.717, 1.165) is 18.4 Å². The molecular weight excluding hydrogens is 395 g/mol. The van der Waals surface area contributed by atoms with E-state index in [2.05, 4.69) is 15.0 Å². The minimum absolute atomic E-state index is 0.0284. The average Bonchev–Trinajstić information content (AvgIpc) is 2.61. The molecule has 7 nitrogen and oxygen atoms in total. The molecule has 0 aliphatic carbocycles. The molecule has 11 heteroatoms. The van der Waals surface area contributed by atoms with Crippen molar-refractivity contribution in [3.8, 4) is 22.4 Å². The predicted molar refractivity (Wildman–Crippen MR) is 97.6 cm³/mol. The van der Waals surface area contributed by atoms with Gasteiger partial charge in [-0.25, -0.2) is 23.4 Å². The molecule has 0 unspecified atom stereocenters. The van der Waals surface area contributed by atoms with Crippen molar-refractivity contribution in [3.63, 3.8) is 0 Å². The Morgan fingerprint density at radius 2 is 1.71 bits per heavy atom. The smallest absolute Gasteiger partial charge is 0.384 e. The van der Waals surface area contributed by atoms with Gasteiger partial charge in [-0.1, -0.05) is 12.1 Å². The number of pyridine rings is 1. The molecular formula is C17H14F3N5O2S. The molecule has 4 N–H and O–H groups in total. The molecule has 0 saturated heterocycles. The van der Waals surface area contributed by atoms with Crippen LogP contribution in [-0.2, 0) is 16.0 Å². The SMILES string of the molecule is CS(=O)(=O)c1nc(N)c(-c2ccc(N)nc2)c(-c2cccc(C(F)(F)F)c2)n1. The van der Waals surface area contributed by atoms with Crippen molar-refractivity contribution in [3.05, 3.63) is 48.2 Å². The van der Waals surface area contributed by atoms with E-state index >= 15 is 0 Å². The summed E-state index contributed by atoms with van der Waals surface area (Å²) in [6.45, 7) is 0. The normalized spacial score (nSPS) is 12.1. The molecule has 0 fully saturated rings. The zero-order valence-electron chi connectivity index (χ0n) is 14.4. The molecule has 0 aliphatic rings. The summed E-state index contributed by atoms with van der Waals surface area (Å²) in [6.07, 6.45) is -2.36. The maximum atomic E-state index is 13.1. The lowest BCUT2D eigenvalue weighted by molar-refractivity contribution is -0.137. The van der Waals surface area contributed by atoms with E-state index < -0.39 is 26.7 Å². The maximum Gasteiger partial charge on any atom is 0.416 e. The van der Waals surface area contributed by atoms with Crippen LogP contribution >= 0.6 is 0 Å². The molecule has 3 aromatic rings. The van der Waals surface area contributed by atoms with E-state index in [1.807, 2.05) is 0 Å².